The number of hydrogen-bond donors (Lipinski definition) is 1. The normalized spacial score (nSPS) is 10.2. The Bertz CT molecular complexity index is 348. The molecule has 1 aromatic carbocycles. The van der Waals surface area contributed by atoms with Gasteiger partial charge in [-0.15, -0.1) is 0 Å². The van der Waals surface area contributed by atoms with E-state index in [2.05, 4.69) is 0 Å². The van der Waals surface area contributed by atoms with Gasteiger partial charge in [0.15, 0.2) is 29.0 Å². The molecule has 0 unspecified atom stereocenters. The van der Waals surface area contributed by atoms with Gasteiger partial charge in [0.1, 0.15) is 5.56 Å². The van der Waals surface area contributed by atoms with Crippen molar-refractivity contribution in [2.75, 3.05) is 0 Å². The maximum absolute atomic E-state index is 12.8. The summed E-state index contributed by atoms with van der Waals surface area (Å²) in [6.07, 6.45) is 0. The van der Waals surface area contributed by atoms with Crippen molar-refractivity contribution in [3.8, 4) is 5.75 Å². The summed E-state index contributed by atoms with van der Waals surface area (Å²) >= 11 is 0. The molecule has 1 aromatic rings. The summed E-state index contributed by atoms with van der Waals surface area (Å²) in [5.41, 5.74) is -0.961. The number of benzene rings is 1. The van der Waals surface area contributed by atoms with E-state index in [1.807, 2.05) is 0 Å². The summed E-state index contributed by atoms with van der Waals surface area (Å²) in [4.78, 5) is 10.7. The summed E-state index contributed by atoms with van der Waals surface area (Å²) in [5, 5.41) is 8.87. The molecule has 0 fully saturated rings. The number of aromatic hydroxyl groups is 1. The van der Waals surface area contributed by atoms with E-state index in [1.165, 1.54) is 0 Å². The zero-order valence-electron chi connectivity index (χ0n) is 6.57. The molecule has 0 aliphatic rings. The van der Waals surface area contributed by atoms with Gasteiger partial charge in [-0.1, -0.05) is 0 Å². The van der Waals surface area contributed by atoms with Crippen molar-refractivity contribution in [2.45, 2.75) is 6.92 Å². The van der Waals surface area contributed by atoms with Crippen LogP contribution in [0.3, 0.4) is 0 Å². The molecule has 0 radical (unpaired) electrons. The van der Waals surface area contributed by atoms with Crippen LogP contribution in [-0.4, -0.2) is 10.9 Å². The predicted octanol–water partition coefficient (Wildman–Crippen LogP) is 2.01. The van der Waals surface area contributed by atoms with Crippen LogP contribution in [-0.2, 0) is 0 Å². The number of carbonyl (C=O) groups is 1. The predicted molar refractivity (Wildman–Crippen MR) is 38.0 cm³/mol. The highest BCUT2D eigenvalue weighted by atomic mass is 19.2. The Kier molecular flexibility index (Phi) is 2.27. The van der Waals surface area contributed by atoms with Crippen LogP contribution in [0.4, 0.5) is 13.2 Å². The van der Waals surface area contributed by atoms with Crippen molar-refractivity contribution in [2.24, 2.45) is 0 Å². The van der Waals surface area contributed by atoms with Gasteiger partial charge in [-0.05, 0) is 6.92 Å². The Morgan fingerprint density at radius 3 is 2.31 bits per heavy atom. The summed E-state index contributed by atoms with van der Waals surface area (Å²) in [6.45, 7) is 0.900. The number of phenolic OH excluding ortho intramolecular Hbond substituents is 1. The van der Waals surface area contributed by atoms with Crippen LogP contribution in [0.2, 0.25) is 0 Å². The lowest BCUT2D eigenvalue weighted by molar-refractivity contribution is 0.100. The van der Waals surface area contributed by atoms with Crippen LogP contribution >= 0.6 is 0 Å². The van der Waals surface area contributed by atoms with Crippen molar-refractivity contribution < 1.29 is 23.1 Å². The lowest BCUT2D eigenvalue weighted by atomic mass is 10.1. The lowest BCUT2D eigenvalue weighted by Crippen LogP contribution is -2.02. The average Bonchev–Trinajstić information content (AvgIpc) is 2.01. The van der Waals surface area contributed by atoms with E-state index in [-0.39, 0.29) is 6.07 Å². The second-order valence-corrected chi connectivity index (χ2v) is 2.43. The van der Waals surface area contributed by atoms with E-state index in [9.17, 15) is 18.0 Å². The summed E-state index contributed by atoms with van der Waals surface area (Å²) in [5.74, 6) is -6.49. The van der Waals surface area contributed by atoms with Crippen molar-refractivity contribution in [1.29, 1.82) is 0 Å². The third-order valence-electron chi connectivity index (χ3n) is 1.50. The second-order valence-electron chi connectivity index (χ2n) is 2.43. The Labute approximate surface area is 71.6 Å². The quantitative estimate of drug-likeness (QED) is 0.543. The van der Waals surface area contributed by atoms with E-state index < -0.39 is 34.5 Å². The molecule has 0 heterocycles. The van der Waals surface area contributed by atoms with Crippen molar-refractivity contribution >= 4 is 5.78 Å². The van der Waals surface area contributed by atoms with Gasteiger partial charge in [0.25, 0.3) is 0 Å². The molecule has 0 saturated heterocycles. The smallest absolute Gasteiger partial charge is 0.173 e. The van der Waals surface area contributed by atoms with Crippen LogP contribution in [0.1, 0.15) is 17.3 Å². The zero-order chi connectivity index (χ0) is 10.2. The maximum atomic E-state index is 12.8. The molecular formula is C8H5F3O2. The van der Waals surface area contributed by atoms with E-state index >= 15 is 0 Å². The first kappa shape index (κ1) is 9.57. The standard InChI is InChI=1S/C8H5F3O2/c1-3(12)6-7(11)4(9)2-5(10)8(6)13/h2,13H,1H3. The van der Waals surface area contributed by atoms with Crippen LogP contribution in [0.5, 0.6) is 5.75 Å². The minimum Gasteiger partial charge on any atom is -0.504 e. The molecule has 1 rings (SSSR count). The van der Waals surface area contributed by atoms with Crippen molar-refractivity contribution in [3.63, 3.8) is 0 Å². The van der Waals surface area contributed by atoms with Gasteiger partial charge in [0, 0.05) is 6.07 Å². The highest BCUT2D eigenvalue weighted by Gasteiger charge is 2.21. The van der Waals surface area contributed by atoms with Gasteiger partial charge in [-0.25, -0.2) is 13.2 Å². The minimum atomic E-state index is -1.54. The fourth-order valence-corrected chi connectivity index (χ4v) is 0.907. The summed E-state index contributed by atoms with van der Waals surface area (Å²) < 4.78 is 37.8. The molecule has 0 atom stereocenters. The molecule has 0 saturated carbocycles. The van der Waals surface area contributed by atoms with Gasteiger partial charge in [0.2, 0.25) is 0 Å². The topological polar surface area (TPSA) is 37.3 Å². The Morgan fingerprint density at radius 1 is 1.31 bits per heavy atom. The maximum Gasteiger partial charge on any atom is 0.173 e. The first-order valence-electron chi connectivity index (χ1n) is 3.32. The fraction of sp³-hybridized carbons (Fsp3) is 0.125. The number of ketones is 1. The number of hydrogen-bond acceptors (Lipinski definition) is 2. The Hall–Kier alpha value is -1.52. The van der Waals surface area contributed by atoms with E-state index in [4.69, 9.17) is 5.11 Å². The van der Waals surface area contributed by atoms with E-state index in [0.717, 1.165) is 6.92 Å². The van der Waals surface area contributed by atoms with Gasteiger partial charge in [-0.2, -0.15) is 0 Å². The van der Waals surface area contributed by atoms with Crippen molar-refractivity contribution in [3.05, 3.63) is 29.1 Å². The first-order valence-corrected chi connectivity index (χ1v) is 3.32. The molecule has 0 aromatic heterocycles. The zero-order valence-corrected chi connectivity index (χ0v) is 6.57. The highest BCUT2D eigenvalue weighted by molar-refractivity contribution is 5.97. The highest BCUT2D eigenvalue weighted by Crippen LogP contribution is 2.26. The molecule has 13 heavy (non-hydrogen) atoms. The molecule has 0 amide bonds. The largest absolute Gasteiger partial charge is 0.504 e. The molecular weight excluding hydrogens is 185 g/mol. The Morgan fingerprint density at radius 2 is 1.85 bits per heavy atom. The number of halogens is 3. The second kappa shape index (κ2) is 3.08. The number of carbonyl (C=O) groups excluding carboxylic acids is 1. The van der Waals surface area contributed by atoms with Crippen LogP contribution in [0.15, 0.2) is 6.07 Å². The fourth-order valence-electron chi connectivity index (χ4n) is 0.907. The van der Waals surface area contributed by atoms with Gasteiger partial charge < -0.3 is 5.11 Å². The molecule has 0 aliphatic carbocycles. The van der Waals surface area contributed by atoms with Crippen molar-refractivity contribution in [1.82, 2.24) is 0 Å². The van der Waals surface area contributed by atoms with Crippen LogP contribution in [0.25, 0.3) is 0 Å². The monoisotopic (exact) mass is 190 g/mol. The third-order valence-corrected chi connectivity index (χ3v) is 1.50. The molecule has 0 bridgehead atoms. The van der Waals surface area contributed by atoms with E-state index in [0.29, 0.717) is 0 Å². The molecule has 0 aliphatic heterocycles. The van der Waals surface area contributed by atoms with Crippen LogP contribution in [0, 0.1) is 17.5 Å². The SMILES string of the molecule is CC(=O)c1c(O)c(F)cc(F)c1F. The number of Topliss-reactive ketones (excluding diaryl/α,β-unsaturated/α-hetero) is 1. The minimum absolute atomic E-state index is 0.178. The molecule has 0 spiro atoms. The van der Waals surface area contributed by atoms with Gasteiger partial charge in [-0.3, -0.25) is 4.79 Å². The van der Waals surface area contributed by atoms with Gasteiger partial charge in [0.05, 0.1) is 0 Å². The third kappa shape index (κ3) is 1.49. The summed E-state index contributed by atoms with van der Waals surface area (Å²) in [7, 11) is 0. The molecule has 70 valence electrons. The van der Waals surface area contributed by atoms with Crippen LogP contribution < -0.4 is 0 Å². The Balaban J connectivity index is 3.56. The number of rotatable bonds is 1. The van der Waals surface area contributed by atoms with Gasteiger partial charge >= 0.3 is 0 Å². The lowest BCUT2D eigenvalue weighted by Gasteiger charge is -2.03. The first-order chi connectivity index (χ1) is 5.95. The summed E-state index contributed by atoms with van der Waals surface area (Å²) in [6, 6.07) is 0.178. The molecule has 2 nitrogen and oxygen atoms in total. The average molecular weight is 190 g/mol. The molecule has 5 heteroatoms. The van der Waals surface area contributed by atoms with E-state index in [1.54, 1.807) is 0 Å². The molecule has 1 N–H and O–H groups in total. The number of phenols is 1.